The first-order valence-electron chi connectivity index (χ1n) is 8.38. The van der Waals surface area contributed by atoms with Crippen LogP contribution < -0.4 is 10.6 Å². The van der Waals surface area contributed by atoms with Crippen molar-refractivity contribution in [3.63, 3.8) is 0 Å². The quantitative estimate of drug-likeness (QED) is 0.478. The smallest absolute Gasteiger partial charge is 0.224 e. The summed E-state index contributed by atoms with van der Waals surface area (Å²) >= 11 is 0. The van der Waals surface area contributed by atoms with Crippen molar-refractivity contribution in [2.24, 2.45) is 5.92 Å². The molecule has 3 atom stereocenters. The summed E-state index contributed by atoms with van der Waals surface area (Å²) in [4.78, 5) is 12.0. The van der Waals surface area contributed by atoms with E-state index in [-0.39, 0.29) is 30.1 Å². The Bertz CT molecular complexity index is 407. The molecule has 5 nitrogen and oxygen atoms in total. The first kappa shape index (κ1) is 19.9. The zero-order valence-corrected chi connectivity index (χ0v) is 14.9. The van der Waals surface area contributed by atoms with Crippen LogP contribution >= 0.6 is 0 Å². The van der Waals surface area contributed by atoms with Crippen LogP contribution in [0.25, 0.3) is 0 Å². The van der Waals surface area contributed by atoms with Crippen LogP contribution in [0.1, 0.15) is 40.5 Å². The van der Waals surface area contributed by atoms with E-state index < -0.39 is 5.79 Å². The normalized spacial score (nSPS) is 24.4. The Labute approximate surface area is 140 Å². The Hall–Kier alpha value is -1.17. The molecule has 5 heteroatoms. The van der Waals surface area contributed by atoms with Crippen molar-refractivity contribution in [1.82, 2.24) is 10.6 Å². The van der Waals surface area contributed by atoms with E-state index in [0.717, 1.165) is 13.0 Å². The third-order valence-corrected chi connectivity index (χ3v) is 3.82. The van der Waals surface area contributed by atoms with E-state index >= 15 is 0 Å². The molecule has 0 aromatic rings. The van der Waals surface area contributed by atoms with E-state index in [1.54, 1.807) is 6.08 Å². The molecule has 0 aliphatic carbocycles. The molecule has 0 radical (unpaired) electrons. The van der Waals surface area contributed by atoms with Crippen LogP contribution in [0, 0.1) is 5.92 Å². The van der Waals surface area contributed by atoms with Gasteiger partial charge in [0.05, 0.1) is 6.04 Å². The van der Waals surface area contributed by atoms with Gasteiger partial charge in [-0.25, -0.2) is 0 Å². The van der Waals surface area contributed by atoms with Crippen LogP contribution in [0.2, 0.25) is 0 Å². The predicted octanol–water partition coefficient (Wildman–Crippen LogP) is 2.39. The molecule has 2 N–H and O–H groups in total. The first-order valence-corrected chi connectivity index (χ1v) is 8.38. The molecule has 1 amide bonds. The van der Waals surface area contributed by atoms with Crippen molar-refractivity contribution >= 4 is 5.91 Å². The van der Waals surface area contributed by atoms with Gasteiger partial charge < -0.3 is 20.1 Å². The van der Waals surface area contributed by atoms with Gasteiger partial charge in [-0.1, -0.05) is 26.0 Å². The Morgan fingerprint density at radius 2 is 1.96 bits per heavy atom. The van der Waals surface area contributed by atoms with E-state index in [0.29, 0.717) is 13.0 Å². The van der Waals surface area contributed by atoms with E-state index in [9.17, 15) is 4.79 Å². The first-order chi connectivity index (χ1) is 10.8. The van der Waals surface area contributed by atoms with Crippen molar-refractivity contribution < 1.29 is 14.3 Å². The summed E-state index contributed by atoms with van der Waals surface area (Å²) in [7, 11) is 0. The van der Waals surface area contributed by atoms with E-state index in [4.69, 9.17) is 9.47 Å². The largest absolute Gasteiger partial charge is 0.350 e. The highest BCUT2D eigenvalue weighted by atomic mass is 16.8. The van der Waals surface area contributed by atoms with Gasteiger partial charge in [-0.3, -0.25) is 4.79 Å². The Morgan fingerprint density at radius 3 is 2.52 bits per heavy atom. The average Bonchev–Trinajstić information content (AvgIpc) is 2.76. The lowest BCUT2D eigenvalue weighted by Gasteiger charge is -2.30. The highest BCUT2D eigenvalue weighted by Gasteiger charge is 2.46. The minimum atomic E-state index is -0.647. The van der Waals surface area contributed by atoms with Crippen molar-refractivity contribution in [2.75, 3.05) is 13.1 Å². The molecular weight excluding hydrogens is 292 g/mol. The van der Waals surface area contributed by atoms with Crippen molar-refractivity contribution in [2.45, 2.75) is 64.6 Å². The maximum atomic E-state index is 12.0. The summed E-state index contributed by atoms with van der Waals surface area (Å²) in [6.45, 7) is 16.8. The van der Waals surface area contributed by atoms with Crippen LogP contribution in [0.15, 0.2) is 25.3 Å². The summed E-state index contributed by atoms with van der Waals surface area (Å²) in [5.41, 5.74) is 0. The lowest BCUT2D eigenvalue weighted by atomic mass is 9.94. The van der Waals surface area contributed by atoms with E-state index in [1.807, 2.05) is 19.9 Å². The number of amides is 1. The number of nitrogens with one attached hydrogen (secondary N) is 2. The number of carbonyl (C=O) groups excluding carboxylic acids is 1. The molecule has 0 aromatic heterocycles. The van der Waals surface area contributed by atoms with Crippen LogP contribution in [0.5, 0.6) is 0 Å². The molecule has 1 heterocycles. The molecule has 1 aliphatic rings. The third kappa shape index (κ3) is 6.45. The van der Waals surface area contributed by atoms with Crippen LogP contribution in [0.3, 0.4) is 0 Å². The zero-order chi connectivity index (χ0) is 17.5. The third-order valence-electron chi connectivity index (χ3n) is 3.82. The van der Waals surface area contributed by atoms with Gasteiger partial charge in [0.25, 0.3) is 0 Å². The van der Waals surface area contributed by atoms with Crippen LogP contribution in [-0.2, 0) is 14.3 Å². The molecule has 1 fully saturated rings. The van der Waals surface area contributed by atoms with Gasteiger partial charge in [-0.2, -0.15) is 0 Å². The fourth-order valence-electron chi connectivity index (χ4n) is 2.78. The van der Waals surface area contributed by atoms with Gasteiger partial charge in [-0.05, 0) is 32.7 Å². The molecule has 0 bridgehead atoms. The fraction of sp³-hybridized carbons (Fsp3) is 0.722. The maximum Gasteiger partial charge on any atom is 0.224 e. The van der Waals surface area contributed by atoms with E-state index in [2.05, 4.69) is 37.6 Å². The maximum absolute atomic E-state index is 12.0. The van der Waals surface area contributed by atoms with Crippen molar-refractivity contribution in [3.05, 3.63) is 25.3 Å². The molecule has 132 valence electrons. The van der Waals surface area contributed by atoms with Crippen LogP contribution in [-0.4, -0.2) is 43.0 Å². The lowest BCUT2D eigenvalue weighted by molar-refractivity contribution is -0.150. The second-order valence-electron chi connectivity index (χ2n) is 6.75. The molecule has 1 rings (SSSR count). The number of rotatable bonds is 10. The van der Waals surface area contributed by atoms with Gasteiger partial charge in [0.15, 0.2) is 5.79 Å². The summed E-state index contributed by atoms with van der Waals surface area (Å²) in [5, 5.41) is 6.43. The number of ether oxygens (including phenoxy) is 2. The molecule has 23 heavy (non-hydrogen) atoms. The predicted molar refractivity (Wildman–Crippen MR) is 93.1 cm³/mol. The lowest BCUT2D eigenvalue weighted by Crippen LogP contribution is -2.52. The van der Waals surface area contributed by atoms with Gasteiger partial charge in [0.1, 0.15) is 12.2 Å². The van der Waals surface area contributed by atoms with Crippen LogP contribution in [0.4, 0.5) is 0 Å². The molecule has 0 spiro atoms. The van der Waals surface area contributed by atoms with Gasteiger partial charge in [-0.15, -0.1) is 13.2 Å². The summed E-state index contributed by atoms with van der Waals surface area (Å²) in [6, 6.07) is -0.101. The SMILES string of the molecule is C=CCCNCC1OC(C)(C)OC1C(NC(=O)CC=C)C(C)C. The standard InChI is InChI=1S/C18H32N2O3/c1-7-9-11-19-12-14-17(23-18(5,6)22-14)16(13(3)4)20-15(21)10-8-2/h7-8,13-14,16-17,19H,1-2,9-12H2,3-6H3,(H,20,21). The topological polar surface area (TPSA) is 59.6 Å². The fourth-order valence-corrected chi connectivity index (χ4v) is 2.78. The van der Waals surface area contributed by atoms with Gasteiger partial charge >= 0.3 is 0 Å². The monoisotopic (exact) mass is 324 g/mol. The highest BCUT2D eigenvalue weighted by Crippen LogP contribution is 2.31. The molecule has 3 unspecified atom stereocenters. The number of carbonyl (C=O) groups is 1. The number of hydrogen-bond acceptors (Lipinski definition) is 4. The number of hydrogen-bond donors (Lipinski definition) is 2. The molecule has 0 aromatic carbocycles. The highest BCUT2D eigenvalue weighted by molar-refractivity contribution is 5.77. The van der Waals surface area contributed by atoms with Gasteiger partial charge in [0.2, 0.25) is 5.91 Å². The molecule has 0 saturated carbocycles. The van der Waals surface area contributed by atoms with Gasteiger partial charge in [0, 0.05) is 13.0 Å². The Balaban J connectivity index is 2.76. The average molecular weight is 324 g/mol. The van der Waals surface area contributed by atoms with E-state index in [1.165, 1.54) is 0 Å². The molecular formula is C18H32N2O3. The second kappa shape index (κ2) is 9.21. The second-order valence-corrected chi connectivity index (χ2v) is 6.75. The summed E-state index contributed by atoms with van der Waals surface area (Å²) in [6.07, 6.45) is 4.42. The summed E-state index contributed by atoms with van der Waals surface area (Å²) < 4.78 is 12.1. The molecule has 1 saturated heterocycles. The zero-order valence-electron chi connectivity index (χ0n) is 14.9. The Morgan fingerprint density at radius 1 is 1.26 bits per heavy atom. The summed E-state index contributed by atoms with van der Waals surface area (Å²) in [5.74, 6) is -0.446. The van der Waals surface area contributed by atoms with Crippen molar-refractivity contribution in [1.29, 1.82) is 0 Å². The minimum absolute atomic E-state index is 0.0367. The molecule has 1 aliphatic heterocycles. The minimum Gasteiger partial charge on any atom is -0.350 e. The van der Waals surface area contributed by atoms with Crippen molar-refractivity contribution in [3.8, 4) is 0 Å². The Kier molecular flexibility index (Phi) is 7.95.